The minimum absolute atomic E-state index is 0.0330. The van der Waals surface area contributed by atoms with Crippen molar-refractivity contribution in [1.29, 1.82) is 0 Å². The van der Waals surface area contributed by atoms with E-state index in [4.69, 9.17) is 5.11 Å². The zero-order valence-electron chi connectivity index (χ0n) is 11.7. The van der Waals surface area contributed by atoms with Crippen LogP contribution >= 0.6 is 0 Å². The monoisotopic (exact) mass is 277 g/mol. The Morgan fingerprint density at radius 2 is 2.25 bits per heavy atom. The number of hydrogen-bond acceptors (Lipinski definition) is 4. The maximum absolute atomic E-state index is 12.5. The molecule has 1 aliphatic rings. The molecule has 1 unspecified atom stereocenters. The van der Waals surface area contributed by atoms with Gasteiger partial charge in [0.15, 0.2) is 0 Å². The Balaban J connectivity index is 2.25. The number of aromatic carboxylic acids is 1. The van der Waals surface area contributed by atoms with E-state index in [0.717, 1.165) is 19.4 Å². The first-order valence-corrected chi connectivity index (χ1v) is 6.64. The first kappa shape index (κ1) is 14.5. The third-order valence-electron chi connectivity index (χ3n) is 3.45. The first-order valence-electron chi connectivity index (χ1n) is 6.64. The normalized spacial score (nSPS) is 18.6. The van der Waals surface area contributed by atoms with Crippen molar-refractivity contribution < 1.29 is 14.7 Å². The fourth-order valence-corrected chi connectivity index (χ4v) is 2.60. The van der Waals surface area contributed by atoms with Crippen molar-refractivity contribution in [1.82, 2.24) is 14.8 Å². The molecule has 1 aliphatic heterocycles. The number of carboxylic acid groups (broad SMARTS) is 1. The van der Waals surface area contributed by atoms with E-state index in [1.807, 2.05) is 19.0 Å². The molecular weight excluding hydrogens is 258 g/mol. The van der Waals surface area contributed by atoms with Gasteiger partial charge in [-0.3, -0.25) is 9.78 Å². The average molecular weight is 277 g/mol. The maximum Gasteiger partial charge on any atom is 0.338 e. The second kappa shape index (κ2) is 6.00. The van der Waals surface area contributed by atoms with Gasteiger partial charge < -0.3 is 14.9 Å². The van der Waals surface area contributed by atoms with E-state index >= 15 is 0 Å². The number of rotatable bonds is 4. The molecule has 1 amide bonds. The van der Waals surface area contributed by atoms with Gasteiger partial charge >= 0.3 is 5.97 Å². The molecular formula is C14H19N3O3. The summed E-state index contributed by atoms with van der Waals surface area (Å²) < 4.78 is 0. The molecule has 6 nitrogen and oxygen atoms in total. The van der Waals surface area contributed by atoms with Crippen LogP contribution in [0.2, 0.25) is 0 Å². The molecule has 2 heterocycles. The lowest BCUT2D eigenvalue weighted by molar-refractivity contribution is 0.0658. The number of pyridine rings is 1. The maximum atomic E-state index is 12.5. The van der Waals surface area contributed by atoms with Crippen molar-refractivity contribution in [2.24, 2.45) is 0 Å². The van der Waals surface area contributed by atoms with E-state index in [9.17, 15) is 9.59 Å². The molecule has 1 atom stereocenters. The van der Waals surface area contributed by atoms with Crippen molar-refractivity contribution in [3.63, 3.8) is 0 Å². The highest BCUT2D eigenvalue weighted by Gasteiger charge is 2.32. The van der Waals surface area contributed by atoms with Crippen molar-refractivity contribution >= 4 is 11.9 Å². The molecule has 108 valence electrons. The molecule has 20 heavy (non-hydrogen) atoms. The number of carbonyl (C=O) groups is 2. The second-order valence-corrected chi connectivity index (χ2v) is 5.26. The van der Waals surface area contributed by atoms with Crippen molar-refractivity contribution in [2.75, 3.05) is 27.2 Å². The largest absolute Gasteiger partial charge is 0.478 e. The van der Waals surface area contributed by atoms with E-state index in [1.165, 1.54) is 18.3 Å². The molecule has 0 radical (unpaired) electrons. The summed E-state index contributed by atoms with van der Waals surface area (Å²) in [6.07, 6.45) is 3.34. The average Bonchev–Trinajstić information content (AvgIpc) is 2.85. The molecule has 1 fully saturated rings. The molecule has 1 aromatic rings. The Morgan fingerprint density at radius 3 is 2.90 bits per heavy atom. The van der Waals surface area contributed by atoms with Crippen LogP contribution in [0.25, 0.3) is 0 Å². The topological polar surface area (TPSA) is 73.7 Å². The Hall–Kier alpha value is -1.95. The lowest BCUT2D eigenvalue weighted by atomic mass is 10.1. The zero-order chi connectivity index (χ0) is 14.7. The Kier molecular flexibility index (Phi) is 4.34. The van der Waals surface area contributed by atoms with Crippen LogP contribution < -0.4 is 0 Å². The summed E-state index contributed by atoms with van der Waals surface area (Å²) in [5, 5.41) is 9.15. The summed E-state index contributed by atoms with van der Waals surface area (Å²) in [5.74, 6) is -1.41. The van der Waals surface area contributed by atoms with Gasteiger partial charge in [0.25, 0.3) is 5.91 Å². The summed E-state index contributed by atoms with van der Waals surface area (Å²) in [5.41, 5.74) is -0.00124. The van der Waals surface area contributed by atoms with Crippen molar-refractivity contribution in [2.45, 2.75) is 18.9 Å². The molecule has 2 rings (SSSR count). The SMILES string of the molecule is CN(C)CC1CCCN1C(=O)c1ncccc1C(=O)O. The van der Waals surface area contributed by atoms with E-state index in [2.05, 4.69) is 4.98 Å². The number of aromatic nitrogens is 1. The zero-order valence-corrected chi connectivity index (χ0v) is 11.7. The van der Waals surface area contributed by atoms with Gasteiger partial charge in [-0.25, -0.2) is 4.79 Å². The summed E-state index contributed by atoms with van der Waals surface area (Å²) >= 11 is 0. The third-order valence-corrected chi connectivity index (χ3v) is 3.45. The van der Waals surface area contributed by atoms with Crippen LogP contribution in [0, 0.1) is 0 Å². The lowest BCUT2D eigenvalue weighted by Gasteiger charge is -2.27. The van der Waals surface area contributed by atoms with Crippen molar-refractivity contribution in [3.05, 3.63) is 29.6 Å². The van der Waals surface area contributed by atoms with Crippen LogP contribution in [0.3, 0.4) is 0 Å². The fourth-order valence-electron chi connectivity index (χ4n) is 2.60. The highest BCUT2D eigenvalue weighted by molar-refractivity contribution is 6.03. The van der Waals surface area contributed by atoms with E-state index < -0.39 is 5.97 Å². The van der Waals surface area contributed by atoms with Crippen LogP contribution in [0.5, 0.6) is 0 Å². The lowest BCUT2D eigenvalue weighted by Crippen LogP contribution is -2.42. The quantitative estimate of drug-likeness (QED) is 0.887. The van der Waals surface area contributed by atoms with E-state index in [1.54, 1.807) is 4.90 Å². The number of amides is 1. The smallest absolute Gasteiger partial charge is 0.338 e. The first-order chi connectivity index (χ1) is 9.50. The van der Waals surface area contributed by atoms with Crippen molar-refractivity contribution in [3.8, 4) is 0 Å². The number of nitrogens with zero attached hydrogens (tertiary/aromatic N) is 3. The second-order valence-electron chi connectivity index (χ2n) is 5.26. The number of hydrogen-bond donors (Lipinski definition) is 1. The minimum atomic E-state index is -1.12. The molecule has 6 heteroatoms. The molecule has 1 saturated heterocycles. The highest BCUT2D eigenvalue weighted by Crippen LogP contribution is 2.21. The predicted molar refractivity (Wildman–Crippen MR) is 73.8 cm³/mol. The van der Waals surface area contributed by atoms with Crippen LogP contribution in [-0.4, -0.2) is 65.0 Å². The molecule has 1 aromatic heterocycles. The summed E-state index contributed by atoms with van der Waals surface area (Å²) in [4.78, 5) is 31.5. The van der Waals surface area contributed by atoms with Gasteiger partial charge in [0.1, 0.15) is 5.69 Å². The summed E-state index contributed by atoms with van der Waals surface area (Å²) in [7, 11) is 3.93. The molecule has 0 aromatic carbocycles. The van der Waals surface area contributed by atoms with Crippen LogP contribution in [0.4, 0.5) is 0 Å². The van der Waals surface area contributed by atoms with E-state index in [0.29, 0.717) is 6.54 Å². The molecule has 0 spiro atoms. The predicted octanol–water partition coefficient (Wildman–Crippen LogP) is 0.946. The fraction of sp³-hybridized carbons (Fsp3) is 0.500. The van der Waals surface area contributed by atoms with Crippen LogP contribution in [0.1, 0.15) is 33.7 Å². The molecule has 0 bridgehead atoms. The van der Waals surface area contributed by atoms with Gasteiger partial charge in [0, 0.05) is 25.3 Å². The minimum Gasteiger partial charge on any atom is -0.478 e. The molecule has 0 aliphatic carbocycles. The summed E-state index contributed by atoms with van der Waals surface area (Å²) in [6.45, 7) is 1.44. The molecule has 0 saturated carbocycles. The third kappa shape index (κ3) is 2.96. The number of likely N-dealkylation sites (N-methyl/N-ethyl adjacent to an activating group) is 1. The number of likely N-dealkylation sites (tertiary alicyclic amines) is 1. The van der Waals surface area contributed by atoms with Gasteiger partial charge in [-0.05, 0) is 39.1 Å². The van der Waals surface area contributed by atoms with Gasteiger partial charge in [0.2, 0.25) is 0 Å². The highest BCUT2D eigenvalue weighted by atomic mass is 16.4. The van der Waals surface area contributed by atoms with Crippen LogP contribution in [-0.2, 0) is 0 Å². The van der Waals surface area contributed by atoms with Gasteiger partial charge in [-0.2, -0.15) is 0 Å². The number of carbonyl (C=O) groups excluding carboxylic acids is 1. The van der Waals surface area contributed by atoms with Gasteiger partial charge in [0.05, 0.1) is 5.56 Å². The Morgan fingerprint density at radius 1 is 1.50 bits per heavy atom. The Bertz CT molecular complexity index is 516. The standard InChI is InChI=1S/C14H19N3O3/c1-16(2)9-10-5-4-8-17(10)13(18)12-11(14(19)20)6-3-7-15-12/h3,6-7,10H,4-5,8-9H2,1-2H3,(H,19,20). The van der Waals surface area contributed by atoms with Gasteiger partial charge in [-0.15, -0.1) is 0 Å². The Labute approximate surface area is 118 Å². The van der Waals surface area contributed by atoms with E-state index in [-0.39, 0.29) is 23.2 Å². The van der Waals surface area contributed by atoms with Gasteiger partial charge in [-0.1, -0.05) is 0 Å². The van der Waals surface area contributed by atoms with Crippen LogP contribution in [0.15, 0.2) is 18.3 Å². The number of carboxylic acids is 1. The summed E-state index contributed by atoms with van der Waals surface area (Å²) in [6, 6.07) is 3.07. The molecule has 1 N–H and O–H groups in total.